The molecule has 9 heteroatoms. The first-order chi connectivity index (χ1) is 10.5. The van der Waals surface area contributed by atoms with Crippen LogP contribution in [0.3, 0.4) is 0 Å². The third kappa shape index (κ3) is 4.23. The van der Waals surface area contributed by atoms with Gasteiger partial charge >= 0.3 is 0 Å². The zero-order valence-electron chi connectivity index (χ0n) is 11.7. The zero-order valence-corrected chi connectivity index (χ0v) is 13.9. The minimum absolute atomic E-state index is 0.105. The van der Waals surface area contributed by atoms with Crippen LogP contribution in [0.2, 0.25) is 0 Å². The summed E-state index contributed by atoms with van der Waals surface area (Å²) in [6.45, 7) is 2.15. The van der Waals surface area contributed by atoms with Crippen LogP contribution in [-0.4, -0.2) is 27.5 Å². The van der Waals surface area contributed by atoms with Gasteiger partial charge in [-0.1, -0.05) is 5.16 Å². The number of carbonyl (C=O) groups is 1. The predicted octanol–water partition coefficient (Wildman–Crippen LogP) is 2.25. The van der Waals surface area contributed by atoms with E-state index in [1.54, 1.807) is 13.0 Å². The molecule has 1 aromatic carbocycles. The van der Waals surface area contributed by atoms with Crippen molar-refractivity contribution in [2.45, 2.75) is 19.8 Å². The first kappa shape index (κ1) is 16.3. The largest absolute Gasteiger partial charge is 0.352 e. The van der Waals surface area contributed by atoms with Gasteiger partial charge in [0.25, 0.3) is 11.6 Å². The summed E-state index contributed by atoms with van der Waals surface area (Å²) >= 11 is 1.97. The molecule has 0 aliphatic heterocycles. The number of nitrogens with one attached hydrogen (secondary N) is 1. The smallest absolute Gasteiger partial charge is 0.270 e. The summed E-state index contributed by atoms with van der Waals surface area (Å²) in [7, 11) is 0. The standard InChI is InChI=1S/C13H13IN4O4/c1-8-16-12(22-17-8)3-2-6-15-13(19)10-7-9(18(20)21)4-5-11(10)14/h4-5,7H,2-3,6H2,1H3,(H,15,19). The van der Waals surface area contributed by atoms with Gasteiger partial charge in [-0.25, -0.2) is 0 Å². The summed E-state index contributed by atoms with van der Waals surface area (Å²) in [6.07, 6.45) is 1.20. The van der Waals surface area contributed by atoms with E-state index in [0.717, 1.165) is 0 Å². The fourth-order valence-electron chi connectivity index (χ4n) is 1.78. The molecule has 0 saturated carbocycles. The van der Waals surface area contributed by atoms with Crippen LogP contribution < -0.4 is 5.32 Å². The monoisotopic (exact) mass is 416 g/mol. The van der Waals surface area contributed by atoms with Crippen molar-refractivity contribution in [1.29, 1.82) is 0 Å². The van der Waals surface area contributed by atoms with E-state index in [4.69, 9.17) is 4.52 Å². The van der Waals surface area contributed by atoms with E-state index in [2.05, 4.69) is 15.5 Å². The lowest BCUT2D eigenvalue weighted by atomic mass is 10.2. The molecule has 22 heavy (non-hydrogen) atoms. The molecule has 2 rings (SSSR count). The highest BCUT2D eigenvalue weighted by Gasteiger charge is 2.15. The highest BCUT2D eigenvalue weighted by molar-refractivity contribution is 14.1. The van der Waals surface area contributed by atoms with E-state index in [-0.39, 0.29) is 11.6 Å². The Hall–Kier alpha value is -2.04. The van der Waals surface area contributed by atoms with Gasteiger partial charge in [-0.2, -0.15) is 4.98 Å². The van der Waals surface area contributed by atoms with E-state index >= 15 is 0 Å². The lowest BCUT2D eigenvalue weighted by Crippen LogP contribution is -2.25. The molecular formula is C13H13IN4O4. The summed E-state index contributed by atoms with van der Waals surface area (Å²) in [6, 6.07) is 4.20. The van der Waals surface area contributed by atoms with Crippen molar-refractivity contribution >= 4 is 34.2 Å². The molecular weight excluding hydrogens is 403 g/mol. The van der Waals surface area contributed by atoms with Gasteiger partial charge in [0.1, 0.15) is 0 Å². The maximum absolute atomic E-state index is 12.1. The fraction of sp³-hybridized carbons (Fsp3) is 0.308. The highest BCUT2D eigenvalue weighted by atomic mass is 127. The van der Waals surface area contributed by atoms with E-state index in [1.165, 1.54) is 12.1 Å². The topological polar surface area (TPSA) is 111 Å². The molecule has 0 atom stereocenters. The highest BCUT2D eigenvalue weighted by Crippen LogP contribution is 2.19. The number of carbonyl (C=O) groups excluding carboxylic acids is 1. The minimum atomic E-state index is -0.523. The first-order valence-corrected chi connectivity index (χ1v) is 7.56. The number of amides is 1. The van der Waals surface area contributed by atoms with Crippen molar-refractivity contribution in [3.8, 4) is 0 Å². The fourth-order valence-corrected chi connectivity index (χ4v) is 2.36. The Balaban J connectivity index is 1.89. The van der Waals surface area contributed by atoms with E-state index < -0.39 is 4.92 Å². The molecule has 0 bridgehead atoms. The summed E-state index contributed by atoms with van der Waals surface area (Å²) in [4.78, 5) is 26.4. The van der Waals surface area contributed by atoms with Gasteiger partial charge in [0.15, 0.2) is 5.82 Å². The van der Waals surface area contributed by atoms with Crippen molar-refractivity contribution < 1.29 is 14.2 Å². The van der Waals surface area contributed by atoms with Crippen LogP contribution in [0.15, 0.2) is 22.7 Å². The number of hydrogen-bond acceptors (Lipinski definition) is 6. The first-order valence-electron chi connectivity index (χ1n) is 6.48. The van der Waals surface area contributed by atoms with Gasteiger partial charge < -0.3 is 9.84 Å². The van der Waals surface area contributed by atoms with Gasteiger partial charge in [0, 0.05) is 28.7 Å². The maximum Gasteiger partial charge on any atom is 0.270 e. The Morgan fingerprint density at radius 1 is 1.50 bits per heavy atom. The predicted molar refractivity (Wildman–Crippen MR) is 85.5 cm³/mol. The number of nitro groups is 1. The second-order valence-electron chi connectivity index (χ2n) is 4.52. The molecule has 0 spiro atoms. The summed E-state index contributed by atoms with van der Waals surface area (Å²) in [5, 5.41) is 17.2. The Labute approximate surface area is 139 Å². The van der Waals surface area contributed by atoms with Crippen LogP contribution >= 0.6 is 22.6 Å². The van der Waals surface area contributed by atoms with Crippen LogP contribution in [0, 0.1) is 20.6 Å². The average molecular weight is 416 g/mol. The Kier molecular flexibility index (Phi) is 5.41. The average Bonchev–Trinajstić information content (AvgIpc) is 2.89. The molecule has 0 saturated heterocycles. The number of nitrogens with zero attached hydrogens (tertiary/aromatic N) is 3. The van der Waals surface area contributed by atoms with Crippen molar-refractivity contribution in [2.75, 3.05) is 6.54 Å². The third-order valence-corrected chi connectivity index (χ3v) is 3.77. The van der Waals surface area contributed by atoms with E-state index in [9.17, 15) is 14.9 Å². The van der Waals surface area contributed by atoms with Crippen molar-refractivity contribution in [3.05, 3.63) is 49.2 Å². The van der Waals surface area contributed by atoms with E-state index in [0.29, 0.717) is 40.2 Å². The lowest BCUT2D eigenvalue weighted by Gasteiger charge is -2.06. The quantitative estimate of drug-likeness (QED) is 0.335. The lowest BCUT2D eigenvalue weighted by molar-refractivity contribution is -0.384. The van der Waals surface area contributed by atoms with Gasteiger partial charge in [-0.3, -0.25) is 14.9 Å². The molecule has 1 heterocycles. The molecule has 0 fully saturated rings. The van der Waals surface area contributed by atoms with Gasteiger partial charge in [0.05, 0.1) is 10.5 Å². The number of non-ortho nitro benzene ring substituents is 1. The van der Waals surface area contributed by atoms with Crippen molar-refractivity contribution in [3.63, 3.8) is 0 Å². The maximum atomic E-state index is 12.1. The molecule has 0 aliphatic rings. The molecule has 0 radical (unpaired) electrons. The molecule has 0 unspecified atom stereocenters. The number of aryl methyl sites for hydroxylation is 2. The summed E-state index contributed by atoms with van der Waals surface area (Å²) < 4.78 is 5.63. The number of benzene rings is 1. The van der Waals surface area contributed by atoms with Crippen molar-refractivity contribution in [1.82, 2.24) is 15.5 Å². The normalized spacial score (nSPS) is 10.5. The Bertz CT molecular complexity index is 701. The van der Waals surface area contributed by atoms with Crippen LogP contribution in [0.1, 0.15) is 28.5 Å². The molecule has 0 aliphatic carbocycles. The van der Waals surface area contributed by atoms with Gasteiger partial charge in [-0.15, -0.1) is 0 Å². The Morgan fingerprint density at radius 3 is 2.91 bits per heavy atom. The molecule has 1 aromatic heterocycles. The number of aromatic nitrogens is 2. The van der Waals surface area contributed by atoms with Gasteiger partial charge in [-0.05, 0) is 42.0 Å². The zero-order chi connectivity index (χ0) is 16.1. The second-order valence-corrected chi connectivity index (χ2v) is 5.68. The number of halogens is 1. The van der Waals surface area contributed by atoms with Crippen LogP contribution in [0.4, 0.5) is 5.69 Å². The molecule has 116 valence electrons. The molecule has 2 aromatic rings. The second kappa shape index (κ2) is 7.29. The number of nitro benzene ring substituents is 1. The summed E-state index contributed by atoms with van der Waals surface area (Å²) in [5.41, 5.74) is 0.190. The molecule has 1 N–H and O–H groups in total. The molecule has 1 amide bonds. The number of hydrogen-bond donors (Lipinski definition) is 1. The van der Waals surface area contributed by atoms with Crippen LogP contribution in [0.25, 0.3) is 0 Å². The SMILES string of the molecule is Cc1noc(CCCNC(=O)c2cc([N+](=O)[O-])ccc2I)n1. The van der Waals surface area contributed by atoms with E-state index in [1.807, 2.05) is 22.6 Å². The number of rotatable bonds is 6. The van der Waals surface area contributed by atoms with Crippen LogP contribution in [-0.2, 0) is 6.42 Å². The van der Waals surface area contributed by atoms with Crippen molar-refractivity contribution in [2.24, 2.45) is 0 Å². The Morgan fingerprint density at radius 2 is 2.27 bits per heavy atom. The van der Waals surface area contributed by atoms with Crippen LogP contribution in [0.5, 0.6) is 0 Å². The third-order valence-electron chi connectivity index (χ3n) is 2.83. The summed E-state index contributed by atoms with van der Waals surface area (Å²) in [5.74, 6) is 0.761. The van der Waals surface area contributed by atoms with Gasteiger partial charge in [0.2, 0.25) is 5.89 Å². The molecule has 8 nitrogen and oxygen atoms in total. The minimum Gasteiger partial charge on any atom is -0.352 e.